The number of aryl methyl sites for hydroxylation is 1. The summed E-state index contributed by atoms with van der Waals surface area (Å²) in [5, 5.41) is 8.96. The summed E-state index contributed by atoms with van der Waals surface area (Å²) < 4.78 is 5.38. The number of hydrogen-bond donors (Lipinski definition) is 2. The molecule has 0 aliphatic heterocycles. The summed E-state index contributed by atoms with van der Waals surface area (Å²) in [6, 6.07) is 4.08. The van der Waals surface area contributed by atoms with Crippen LogP contribution < -0.4 is 15.5 Å². The highest BCUT2D eigenvalue weighted by atomic mass is 32.1. The van der Waals surface area contributed by atoms with Crippen molar-refractivity contribution in [2.75, 3.05) is 7.11 Å². The van der Waals surface area contributed by atoms with Crippen LogP contribution in [-0.4, -0.2) is 18.3 Å². The Morgan fingerprint density at radius 2 is 2.14 bits per heavy atom. The van der Waals surface area contributed by atoms with Gasteiger partial charge in [-0.05, 0) is 61.4 Å². The van der Waals surface area contributed by atoms with Crippen LogP contribution in [0.3, 0.4) is 0 Å². The molecule has 0 saturated heterocycles. The molecule has 112 valence electrons. The SMILES string of the molecule is COc1ccc(C)c(CNC(=S)/C=C(\C=[NH2+])C2CC2)c1C. The minimum atomic E-state index is 0.607. The summed E-state index contributed by atoms with van der Waals surface area (Å²) in [4.78, 5) is 0.736. The third-order valence-corrected chi connectivity index (χ3v) is 4.24. The largest absolute Gasteiger partial charge is 0.496 e. The second-order valence-corrected chi connectivity index (χ2v) is 5.93. The Labute approximate surface area is 131 Å². The zero-order valence-corrected chi connectivity index (χ0v) is 13.7. The average Bonchev–Trinajstić information content (AvgIpc) is 3.29. The quantitative estimate of drug-likeness (QED) is 0.479. The van der Waals surface area contributed by atoms with E-state index < -0.39 is 0 Å². The van der Waals surface area contributed by atoms with Gasteiger partial charge in [-0.15, -0.1) is 0 Å². The lowest BCUT2D eigenvalue weighted by atomic mass is 10.0. The summed E-state index contributed by atoms with van der Waals surface area (Å²) in [5.74, 6) is 1.52. The van der Waals surface area contributed by atoms with Crippen LogP contribution in [0.2, 0.25) is 0 Å². The van der Waals surface area contributed by atoms with Gasteiger partial charge in [-0.3, -0.25) is 5.41 Å². The minimum Gasteiger partial charge on any atom is -0.496 e. The number of ether oxygens (including phenoxy) is 1. The molecule has 0 bridgehead atoms. The Morgan fingerprint density at radius 1 is 1.43 bits per heavy atom. The maximum absolute atomic E-state index is 5.66. The first-order chi connectivity index (χ1) is 10.1. The lowest BCUT2D eigenvalue weighted by molar-refractivity contribution is -0.105. The summed E-state index contributed by atoms with van der Waals surface area (Å²) in [6.45, 7) is 4.88. The Balaban J connectivity index is 2.06. The van der Waals surface area contributed by atoms with Gasteiger partial charge in [-0.2, -0.15) is 0 Å². The van der Waals surface area contributed by atoms with Crippen molar-refractivity contribution in [1.29, 1.82) is 0 Å². The number of hydrogen-bond acceptors (Lipinski definition) is 2. The molecule has 1 aromatic carbocycles. The summed E-state index contributed by atoms with van der Waals surface area (Å²) >= 11 is 5.40. The minimum absolute atomic E-state index is 0.607. The predicted molar refractivity (Wildman–Crippen MR) is 90.7 cm³/mol. The van der Waals surface area contributed by atoms with E-state index in [0.29, 0.717) is 12.5 Å². The van der Waals surface area contributed by atoms with Gasteiger partial charge in [0.15, 0.2) is 6.21 Å². The van der Waals surface area contributed by atoms with E-state index in [9.17, 15) is 0 Å². The van der Waals surface area contributed by atoms with Crippen LogP contribution in [0.5, 0.6) is 5.75 Å². The Kier molecular flexibility index (Phi) is 5.12. The molecule has 0 heterocycles. The smallest absolute Gasteiger partial charge is 0.163 e. The molecule has 2 rings (SSSR count). The lowest BCUT2D eigenvalue weighted by Crippen LogP contribution is -2.31. The highest BCUT2D eigenvalue weighted by Crippen LogP contribution is 2.35. The Bertz CT molecular complexity index is 589. The van der Waals surface area contributed by atoms with E-state index in [1.807, 2.05) is 12.1 Å². The van der Waals surface area contributed by atoms with Crippen molar-refractivity contribution in [3.63, 3.8) is 0 Å². The van der Waals surface area contributed by atoms with Crippen molar-refractivity contribution in [2.24, 2.45) is 5.92 Å². The van der Waals surface area contributed by atoms with Gasteiger partial charge in [0, 0.05) is 12.1 Å². The van der Waals surface area contributed by atoms with Crippen LogP contribution in [0, 0.1) is 19.8 Å². The molecular formula is C17H23N2OS+. The van der Waals surface area contributed by atoms with Crippen molar-refractivity contribution in [2.45, 2.75) is 33.2 Å². The number of nitrogens with one attached hydrogen (secondary N) is 1. The van der Waals surface area contributed by atoms with Crippen LogP contribution in [-0.2, 0) is 6.54 Å². The van der Waals surface area contributed by atoms with Gasteiger partial charge in [0.25, 0.3) is 0 Å². The second kappa shape index (κ2) is 6.85. The molecule has 0 unspecified atom stereocenters. The summed E-state index contributed by atoms with van der Waals surface area (Å²) in [6.07, 6.45) is 6.10. The molecule has 3 N–H and O–H groups in total. The highest BCUT2D eigenvalue weighted by molar-refractivity contribution is 7.80. The number of rotatable bonds is 6. The molecule has 0 amide bonds. The fraction of sp³-hybridized carbons (Fsp3) is 0.412. The van der Waals surface area contributed by atoms with Crippen LogP contribution in [0.1, 0.15) is 29.5 Å². The van der Waals surface area contributed by atoms with Gasteiger partial charge in [0.2, 0.25) is 0 Å². The molecule has 1 aliphatic rings. The molecule has 0 spiro atoms. The third-order valence-electron chi connectivity index (χ3n) is 3.98. The van der Waals surface area contributed by atoms with Crippen molar-refractivity contribution in [3.8, 4) is 5.75 Å². The molecule has 4 heteroatoms. The van der Waals surface area contributed by atoms with E-state index in [2.05, 4.69) is 25.2 Å². The fourth-order valence-corrected chi connectivity index (χ4v) is 2.67. The maximum Gasteiger partial charge on any atom is 0.163 e. The molecule has 0 atom stereocenters. The van der Waals surface area contributed by atoms with E-state index in [0.717, 1.165) is 21.9 Å². The molecule has 0 aromatic heterocycles. The van der Waals surface area contributed by atoms with Crippen LogP contribution >= 0.6 is 12.2 Å². The predicted octanol–water partition coefficient (Wildman–Crippen LogP) is 1.90. The van der Waals surface area contributed by atoms with Crippen molar-refractivity contribution < 1.29 is 10.1 Å². The summed E-state index contributed by atoms with van der Waals surface area (Å²) in [5.41, 5.74) is 4.77. The molecule has 3 nitrogen and oxygen atoms in total. The summed E-state index contributed by atoms with van der Waals surface area (Å²) in [7, 11) is 1.70. The number of nitrogens with two attached hydrogens (primary N) is 1. The molecule has 1 fully saturated rings. The van der Waals surface area contributed by atoms with Crippen molar-refractivity contribution >= 4 is 23.4 Å². The molecule has 1 aromatic rings. The standard InChI is InChI=1S/C17H22N2OS/c1-11-4-7-16(20-3)12(2)15(11)10-19-17(21)8-14(9-18)13-5-6-13/h4,7-9,13,18H,5-6,10H2,1-3H3,(H,19,21)/p+1/b14-8+,18-9?. The van der Waals surface area contributed by atoms with Crippen molar-refractivity contribution in [1.82, 2.24) is 5.32 Å². The lowest BCUT2D eigenvalue weighted by Gasteiger charge is -2.14. The monoisotopic (exact) mass is 303 g/mol. The first kappa shape index (κ1) is 15.7. The Morgan fingerprint density at radius 3 is 2.71 bits per heavy atom. The topological polar surface area (TPSA) is 46.8 Å². The van der Waals surface area contributed by atoms with Gasteiger partial charge < -0.3 is 10.1 Å². The third kappa shape index (κ3) is 3.91. The van der Waals surface area contributed by atoms with E-state index in [-0.39, 0.29) is 0 Å². The number of allylic oxidation sites excluding steroid dienone is 1. The normalized spacial score (nSPS) is 14.7. The maximum atomic E-state index is 5.66. The average molecular weight is 303 g/mol. The van der Waals surface area contributed by atoms with Crippen LogP contribution in [0.4, 0.5) is 0 Å². The number of thiocarbonyl (C=S) groups is 1. The van der Waals surface area contributed by atoms with E-state index >= 15 is 0 Å². The number of benzene rings is 1. The van der Waals surface area contributed by atoms with Gasteiger partial charge >= 0.3 is 0 Å². The fourth-order valence-electron chi connectivity index (χ4n) is 2.46. The van der Waals surface area contributed by atoms with Gasteiger partial charge in [-0.25, -0.2) is 0 Å². The highest BCUT2D eigenvalue weighted by Gasteiger charge is 2.26. The van der Waals surface area contributed by atoms with E-state index in [4.69, 9.17) is 22.4 Å². The van der Waals surface area contributed by atoms with Gasteiger partial charge in [0.05, 0.1) is 12.1 Å². The van der Waals surface area contributed by atoms with Gasteiger partial charge in [0.1, 0.15) is 5.75 Å². The van der Waals surface area contributed by atoms with Gasteiger partial charge in [-0.1, -0.05) is 18.3 Å². The van der Waals surface area contributed by atoms with Crippen LogP contribution in [0.15, 0.2) is 23.8 Å². The Hall–Kier alpha value is -1.68. The first-order valence-corrected chi connectivity index (χ1v) is 7.65. The zero-order chi connectivity index (χ0) is 15.4. The number of methoxy groups -OCH3 is 1. The molecule has 21 heavy (non-hydrogen) atoms. The second-order valence-electron chi connectivity index (χ2n) is 5.49. The zero-order valence-electron chi connectivity index (χ0n) is 12.9. The molecule has 1 aliphatic carbocycles. The van der Waals surface area contributed by atoms with Crippen molar-refractivity contribution in [3.05, 3.63) is 40.5 Å². The van der Waals surface area contributed by atoms with Crippen LogP contribution in [0.25, 0.3) is 0 Å². The van der Waals surface area contributed by atoms with E-state index in [1.54, 1.807) is 13.3 Å². The van der Waals surface area contributed by atoms with E-state index in [1.165, 1.54) is 24.0 Å². The molecular weight excluding hydrogens is 280 g/mol. The molecule has 0 radical (unpaired) electrons. The molecule has 1 saturated carbocycles. The first-order valence-electron chi connectivity index (χ1n) is 7.24.